The molecule has 4 nitrogen and oxygen atoms in total. The van der Waals surface area contributed by atoms with Gasteiger partial charge < -0.3 is 14.9 Å². The molecule has 1 aromatic rings. The number of carbonyl (C=O) groups is 1. The average Bonchev–Trinajstić information content (AvgIpc) is 2.55. The van der Waals surface area contributed by atoms with E-state index in [0.717, 1.165) is 43.7 Å². The number of anilines is 1. The Balaban J connectivity index is 2.02. The zero-order chi connectivity index (χ0) is 16.1. The summed E-state index contributed by atoms with van der Waals surface area (Å²) in [5.41, 5.74) is 1.92. The molecule has 0 aromatic heterocycles. The first-order chi connectivity index (χ1) is 10.6. The van der Waals surface area contributed by atoms with E-state index in [1.54, 1.807) is 0 Å². The van der Waals surface area contributed by atoms with Crippen LogP contribution in [-0.4, -0.2) is 48.2 Å². The molecule has 1 heterocycles. The van der Waals surface area contributed by atoms with Gasteiger partial charge in [-0.25, -0.2) is 0 Å². The van der Waals surface area contributed by atoms with Crippen LogP contribution in [0.2, 0.25) is 0 Å². The second-order valence-electron chi connectivity index (χ2n) is 6.34. The van der Waals surface area contributed by atoms with E-state index >= 15 is 0 Å². The number of likely N-dealkylation sites (tertiary alicyclic amines) is 1. The van der Waals surface area contributed by atoms with Crippen LogP contribution in [0.1, 0.15) is 44.0 Å². The highest BCUT2D eigenvalue weighted by atomic mass is 16.3. The standard InChI is InChI=1S/C18H28N2O2/c1-4-20(14(2)3)17-7-5-16(6-8-17)18(22)19-11-9-15(13-21)10-12-19/h5-8,14-15,21H,4,9-13H2,1-3H3. The minimum absolute atomic E-state index is 0.107. The molecule has 22 heavy (non-hydrogen) atoms. The molecule has 122 valence electrons. The Labute approximate surface area is 133 Å². The lowest BCUT2D eigenvalue weighted by Crippen LogP contribution is -2.39. The molecule has 1 amide bonds. The van der Waals surface area contributed by atoms with Crippen LogP contribution in [0.25, 0.3) is 0 Å². The fourth-order valence-electron chi connectivity index (χ4n) is 3.14. The number of aliphatic hydroxyl groups excluding tert-OH is 1. The van der Waals surface area contributed by atoms with Gasteiger partial charge in [0.25, 0.3) is 5.91 Å². The highest BCUT2D eigenvalue weighted by Crippen LogP contribution is 2.21. The van der Waals surface area contributed by atoms with Gasteiger partial charge in [-0.1, -0.05) is 0 Å². The fourth-order valence-corrected chi connectivity index (χ4v) is 3.14. The molecule has 1 saturated heterocycles. The van der Waals surface area contributed by atoms with Gasteiger partial charge in [-0.05, 0) is 63.8 Å². The predicted octanol–water partition coefficient (Wildman–Crippen LogP) is 2.77. The summed E-state index contributed by atoms with van der Waals surface area (Å²) in [4.78, 5) is 16.7. The van der Waals surface area contributed by atoms with Gasteiger partial charge >= 0.3 is 0 Å². The minimum atomic E-state index is 0.107. The number of nitrogens with zero attached hydrogens (tertiary/aromatic N) is 2. The highest BCUT2D eigenvalue weighted by Gasteiger charge is 2.23. The Morgan fingerprint density at radius 2 is 1.86 bits per heavy atom. The van der Waals surface area contributed by atoms with Gasteiger partial charge in [0.05, 0.1) is 0 Å². The van der Waals surface area contributed by atoms with E-state index < -0.39 is 0 Å². The summed E-state index contributed by atoms with van der Waals surface area (Å²) in [5.74, 6) is 0.464. The number of amides is 1. The lowest BCUT2D eigenvalue weighted by molar-refractivity contribution is 0.0651. The second kappa shape index (κ2) is 7.63. The molecular weight excluding hydrogens is 276 g/mol. The van der Waals surface area contributed by atoms with Crippen LogP contribution in [0.15, 0.2) is 24.3 Å². The molecule has 0 aliphatic carbocycles. The molecule has 1 aliphatic rings. The van der Waals surface area contributed by atoms with Gasteiger partial charge in [-0.2, -0.15) is 0 Å². The summed E-state index contributed by atoms with van der Waals surface area (Å²) in [6.07, 6.45) is 1.80. The Bertz CT molecular complexity index is 476. The first kappa shape index (κ1) is 16.8. The summed E-state index contributed by atoms with van der Waals surface area (Å²) in [7, 11) is 0. The van der Waals surface area contributed by atoms with Gasteiger partial charge in [0.15, 0.2) is 0 Å². The topological polar surface area (TPSA) is 43.8 Å². The van der Waals surface area contributed by atoms with Crippen molar-refractivity contribution in [3.05, 3.63) is 29.8 Å². The molecule has 0 saturated carbocycles. The van der Waals surface area contributed by atoms with Crippen molar-refractivity contribution in [3.8, 4) is 0 Å². The largest absolute Gasteiger partial charge is 0.396 e. The number of benzene rings is 1. The predicted molar refractivity (Wildman–Crippen MR) is 90.3 cm³/mol. The number of rotatable bonds is 5. The lowest BCUT2D eigenvalue weighted by atomic mass is 9.97. The van der Waals surface area contributed by atoms with Crippen molar-refractivity contribution in [2.45, 2.75) is 39.7 Å². The molecule has 0 bridgehead atoms. The van der Waals surface area contributed by atoms with Crippen molar-refractivity contribution >= 4 is 11.6 Å². The van der Waals surface area contributed by atoms with E-state index in [4.69, 9.17) is 0 Å². The van der Waals surface area contributed by atoms with Crippen molar-refractivity contribution in [2.75, 3.05) is 31.1 Å². The van der Waals surface area contributed by atoms with Crippen LogP contribution in [0.3, 0.4) is 0 Å². The summed E-state index contributed by atoms with van der Waals surface area (Å²) in [6, 6.07) is 8.39. The van der Waals surface area contributed by atoms with E-state index in [-0.39, 0.29) is 12.5 Å². The molecule has 1 aromatic carbocycles. The Morgan fingerprint density at radius 1 is 1.27 bits per heavy atom. The van der Waals surface area contributed by atoms with Crippen LogP contribution in [0.4, 0.5) is 5.69 Å². The van der Waals surface area contributed by atoms with Gasteiger partial charge in [0, 0.05) is 43.5 Å². The summed E-state index contributed by atoms with van der Waals surface area (Å²) < 4.78 is 0. The summed E-state index contributed by atoms with van der Waals surface area (Å²) >= 11 is 0. The van der Waals surface area contributed by atoms with Crippen molar-refractivity contribution in [1.82, 2.24) is 4.90 Å². The molecule has 4 heteroatoms. The fraction of sp³-hybridized carbons (Fsp3) is 0.611. The third-order valence-corrected chi connectivity index (χ3v) is 4.57. The SMILES string of the molecule is CCN(c1ccc(C(=O)N2CCC(CO)CC2)cc1)C(C)C. The summed E-state index contributed by atoms with van der Waals surface area (Å²) in [5, 5.41) is 9.18. The van der Waals surface area contributed by atoms with Gasteiger partial charge in [-0.15, -0.1) is 0 Å². The smallest absolute Gasteiger partial charge is 0.253 e. The van der Waals surface area contributed by atoms with Crippen LogP contribution in [0, 0.1) is 5.92 Å². The van der Waals surface area contributed by atoms with Crippen LogP contribution >= 0.6 is 0 Å². The van der Waals surface area contributed by atoms with Crippen molar-refractivity contribution in [3.63, 3.8) is 0 Å². The van der Waals surface area contributed by atoms with E-state index in [1.165, 1.54) is 0 Å². The number of aliphatic hydroxyl groups is 1. The zero-order valence-corrected chi connectivity index (χ0v) is 14.0. The first-order valence-corrected chi connectivity index (χ1v) is 8.33. The molecule has 1 N–H and O–H groups in total. The molecular formula is C18H28N2O2. The van der Waals surface area contributed by atoms with Gasteiger partial charge in [0.2, 0.25) is 0 Å². The average molecular weight is 304 g/mol. The maximum absolute atomic E-state index is 12.5. The summed E-state index contributed by atoms with van der Waals surface area (Å²) in [6.45, 7) is 9.18. The van der Waals surface area contributed by atoms with Crippen molar-refractivity contribution in [2.24, 2.45) is 5.92 Å². The maximum atomic E-state index is 12.5. The molecule has 0 spiro atoms. The van der Waals surface area contributed by atoms with Gasteiger partial charge in [0.1, 0.15) is 0 Å². The maximum Gasteiger partial charge on any atom is 0.253 e. The third-order valence-electron chi connectivity index (χ3n) is 4.57. The Hall–Kier alpha value is -1.55. The number of piperidine rings is 1. The third kappa shape index (κ3) is 3.80. The molecule has 1 fully saturated rings. The van der Waals surface area contributed by atoms with E-state index in [1.807, 2.05) is 29.2 Å². The number of carbonyl (C=O) groups excluding carboxylic acids is 1. The van der Waals surface area contributed by atoms with Crippen LogP contribution in [-0.2, 0) is 0 Å². The lowest BCUT2D eigenvalue weighted by Gasteiger charge is -2.31. The minimum Gasteiger partial charge on any atom is -0.396 e. The van der Waals surface area contributed by atoms with E-state index in [9.17, 15) is 9.90 Å². The van der Waals surface area contributed by atoms with E-state index in [0.29, 0.717) is 12.0 Å². The first-order valence-electron chi connectivity index (χ1n) is 8.33. The van der Waals surface area contributed by atoms with Crippen molar-refractivity contribution in [1.29, 1.82) is 0 Å². The molecule has 0 atom stereocenters. The number of hydrogen-bond donors (Lipinski definition) is 1. The van der Waals surface area contributed by atoms with Crippen LogP contribution in [0.5, 0.6) is 0 Å². The molecule has 0 unspecified atom stereocenters. The monoisotopic (exact) mass is 304 g/mol. The van der Waals surface area contributed by atoms with Gasteiger partial charge in [-0.3, -0.25) is 4.79 Å². The molecule has 1 aliphatic heterocycles. The van der Waals surface area contributed by atoms with E-state index in [2.05, 4.69) is 25.7 Å². The normalized spacial score (nSPS) is 16.1. The Kier molecular flexibility index (Phi) is 5.83. The zero-order valence-electron chi connectivity index (χ0n) is 14.0. The molecule has 2 rings (SSSR count). The Morgan fingerprint density at radius 3 is 2.32 bits per heavy atom. The molecule has 0 radical (unpaired) electrons. The number of hydrogen-bond acceptors (Lipinski definition) is 3. The highest BCUT2D eigenvalue weighted by molar-refractivity contribution is 5.94. The van der Waals surface area contributed by atoms with Crippen molar-refractivity contribution < 1.29 is 9.90 Å². The van der Waals surface area contributed by atoms with Crippen LogP contribution < -0.4 is 4.90 Å². The quantitative estimate of drug-likeness (QED) is 0.909. The second-order valence-corrected chi connectivity index (χ2v) is 6.34.